The third-order valence-electron chi connectivity index (χ3n) is 7.01. The van der Waals surface area contributed by atoms with Crippen molar-refractivity contribution >= 4 is 38.4 Å². The average molecular weight is 420 g/mol. The number of hydrogen-bond acceptors (Lipinski definition) is 4. The van der Waals surface area contributed by atoms with Crippen LogP contribution in [-0.4, -0.2) is 44.7 Å². The molecule has 2 saturated heterocycles. The van der Waals surface area contributed by atoms with Crippen LogP contribution in [0.3, 0.4) is 0 Å². The van der Waals surface area contributed by atoms with Crippen molar-refractivity contribution in [1.82, 2.24) is 0 Å². The van der Waals surface area contributed by atoms with E-state index in [9.17, 15) is 0 Å². The Balaban J connectivity index is 2.11. The molecular weight excluding hydrogens is 385 g/mol. The number of benzene rings is 1. The summed E-state index contributed by atoms with van der Waals surface area (Å²) in [7, 11) is -3.29. The second-order valence-electron chi connectivity index (χ2n) is 11.4. The van der Waals surface area contributed by atoms with Crippen LogP contribution >= 0.6 is 0 Å². The first-order chi connectivity index (χ1) is 12.9. The molecule has 4 nitrogen and oxygen atoms in total. The molecule has 2 heterocycles. The molecule has 29 heavy (non-hydrogen) atoms. The predicted molar refractivity (Wildman–Crippen MR) is 121 cm³/mol. The summed E-state index contributed by atoms with van der Waals surface area (Å²) in [6, 6.07) is 3.83. The third kappa shape index (κ3) is 3.87. The molecule has 0 unspecified atom stereocenters. The minimum atomic E-state index is -1.75. The van der Waals surface area contributed by atoms with Gasteiger partial charge in [0.15, 0.2) is 0 Å². The van der Waals surface area contributed by atoms with Gasteiger partial charge in [-0.3, -0.25) is 0 Å². The van der Waals surface area contributed by atoms with Crippen LogP contribution in [0.1, 0.15) is 55.4 Å². The molecule has 1 aromatic rings. The van der Waals surface area contributed by atoms with Crippen LogP contribution < -0.4 is 16.1 Å². The first kappa shape index (κ1) is 23.0. The summed E-state index contributed by atoms with van der Waals surface area (Å²) in [5.41, 5.74) is -1.30. The average Bonchev–Trinajstić information content (AvgIpc) is 2.85. The smallest absolute Gasteiger partial charge is 0.399 e. The molecule has 0 aromatic heterocycles. The lowest BCUT2D eigenvalue weighted by Gasteiger charge is -2.32. The molecule has 0 spiro atoms. The van der Waals surface area contributed by atoms with E-state index in [0.29, 0.717) is 10.9 Å². The van der Waals surface area contributed by atoms with E-state index >= 15 is 4.39 Å². The Morgan fingerprint density at radius 2 is 0.931 bits per heavy atom. The summed E-state index contributed by atoms with van der Waals surface area (Å²) in [5, 5.41) is 1.12. The van der Waals surface area contributed by atoms with Gasteiger partial charge in [-0.25, -0.2) is 4.39 Å². The van der Waals surface area contributed by atoms with Crippen molar-refractivity contribution < 1.29 is 23.0 Å². The van der Waals surface area contributed by atoms with Crippen LogP contribution in [-0.2, 0) is 18.6 Å². The van der Waals surface area contributed by atoms with Gasteiger partial charge in [0.05, 0.1) is 30.5 Å². The summed E-state index contributed by atoms with van der Waals surface area (Å²) in [6.07, 6.45) is 0. The summed E-state index contributed by atoms with van der Waals surface area (Å²) >= 11 is 0. The van der Waals surface area contributed by atoms with Crippen LogP contribution in [0.25, 0.3) is 0 Å². The van der Waals surface area contributed by atoms with Crippen molar-refractivity contribution in [2.45, 2.75) is 97.4 Å². The predicted octanol–water partition coefficient (Wildman–Crippen LogP) is 2.97. The molecule has 0 radical (unpaired) electrons. The van der Waals surface area contributed by atoms with Gasteiger partial charge < -0.3 is 18.6 Å². The molecule has 2 aliphatic heterocycles. The number of halogens is 1. The summed E-state index contributed by atoms with van der Waals surface area (Å²) in [6.45, 7) is 22.5. The zero-order valence-electron chi connectivity index (χ0n) is 19.8. The van der Waals surface area contributed by atoms with E-state index in [-0.39, 0.29) is 5.82 Å². The molecule has 0 bridgehead atoms. The highest BCUT2D eigenvalue weighted by Crippen LogP contribution is 2.38. The van der Waals surface area contributed by atoms with Crippen molar-refractivity contribution in [3.05, 3.63) is 17.9 Å². The van der Waals surface area contributed by atoms with E-state index in [2.05, 4.69) is 19.6 Å². The Hall–Kier alpha value is -0.663. The van der Waals surface area contributed by atoms with Crippen molar-refractivity contribution in [3.8, 4) is 0 Å². The number of hydrogen-bond donors (Lipinski definition) is 0. The lowest BCUT2D eigenvalue weighted by molar-refractivity contribution is 0.00578. The quantitative estimate of drug-likeness (QED) is 0.705. The molecule has 0 N–H and O–H groups in total. The van der Waals surface area contributed by atoms with Gasteiger partial charge in [-0.1, -0.05) is 37.0 Å². The number of rotatable bonds is 3. The van der Waals surface area contributed by atoms with Crippen molar-refractivity contribution in [1.29, 1.82) is 0 Å². The van der Waals surface area contributed by atoms with Crippen LogP contribution in [0.15, 0.2) is 12.1 Å². The zero-order chi connectivity index (χ0) is 22.2. The van der Waals surface area contributed by atoms with Gasteiger partial charge >= 0.3 is 14.2 Å². The lowest BCUT2D eigenvalue weighted by atomic mass is 9.71. The maximum absolute atomic E-state index is 15.8. The molecule has 0 saturated carbocycles. The van der Waals surface area contributed by atoms with E-state index in [1.165, 1.54) is 0 Å². The van der Waals surface area contributed by atoms with E-state index in [4.69, 9.17) is 18.6 Å². The molecule has 8 heteroatoms. The molecule has 0 amide bonds. The zero-order valence-corrected chi connectivity index (χ0v) is 20.8. The molecule has 160 valence electrons. The van der Waals surface area contributed by atoms with Gasteiger partial charge in [-0.15, -0.1) is 0 Å². The largest absolute Gasteiger partial charge is 0.497 e. The van der Waals surface area contributed by atoms with Crippen LogP contribution in [0.5, 0.6) is 0 Å². The first-order valence-electron chi connectivity index (χ1n) is 10.4. The van der Waals surface area contributed by atoms with E-state index in [1.54, 1.807) is 0 Å². The van der Waals surface area contributed by atoms with Crippen molar-refractivity contribution in [3.63, 3.8) is 0 Å². The highest BCUT2D eigenvalue weighted by atomic mass is 28.3. The van der Waals surface area contributed by atoms with Crippen LogP contribution in [0, 0.1) is 5.82 Å². The van der Waals surface area contributed by atoms with Gasteiger partial charge in [-0.2, -0.15) is 0 Å². The minimum Gasteiger partial charge on any atom is -0.399 e. The molecule has 1 aromatic carbocycles. The fraction of sp³-hybridized carbons (Fsp3) is 0.714. The highest BCUT2D eigenvalue weighted by Gasteiger charge is 2.55. The molecule has 2 fully saturated rings. The maximum Gasteiger partial charge on any atom is 0.497 e. The monoisotopic (exact) mass is 420 g/mol. The topological polar surface area (TPSA) is 36.9 Å². The van der Waals surface area contributed by atoms with E-state index < -0.39 is 44.7 Å². The third-order valence-corrected chi connectivity index (χ3v) is 9.03. The standard InChI is InChI=1S/C21H35B2FO4Si/c1-18(2)19(3,4)26-22(25-18)15-12-14(29(9,10)11)13-16(17(15)24)23-27-20(5,6)21(7,8)28-23/h12-13H,1-11H3. The fourth-order valence-electron chi connectivity index (χ4n) is 3.39. The van der Waals surface area contributed by atoms with Crippen molar-refractivity contribution in [2.24, 2.45) is 0 Å². The molecule has 0 atom stereocenters. The Kier molecular flexibility index (Phi) is 5.29. The Morgan fingerprint density at radius 1 is 0.655 bits per heavy atom. The van der Waals surface area contributed by atoms with E-state index in [1.807, 2.05) is 67.5 Å². The Labute approximate surface area is 177 Å². The van der Waals surface area contributed by atoms with Gasteiger partial charge in [0, 0.05) is 10.9 Å². The van der Waals surface area contributed by atoms with Gasteiger partial charge in [0.1, 0.15) is 5.82 Å². The second kappa shape index (κ2) is 6.67. The SMILES string of the molecule is CC1(C)OB(c2cc([Si](C)(C)C)cc(B3OC(C)(C)C(C)(C)O3)c2F)OC1(C)C. The maximum atomic E-state index is 15.8. The van der Waals surface area contributed by atoms with Gasteiger partial charge in [0.2, 0.25) is 0 Å². The molecule has 2 aliphatic rings. The van der Waals surface area contributed by atoms with Gasteiger partial charge in [0.25, 0.3) is 0 Å². The Bertz CT molecular complexity index is 728. The lowest BCUT2D eigenvalue weighted by Crippen LogP contribution is -2.51. The normalized spacial score (nSPS) is 25.0. The Morgan fingerprint density at radius 3 is 1.17 bits per heavy atom. The van der Waals surface area contributed by atoms with Gasteiger partial charge in [-0.05, 0) is 55.4 Å². The summed E-state index contributed by atoms with van der Waals surface area (Å²) in [5.74, 6) is -0.371. The molecular formula is C21H35B2FO4Si. The fourth-order valence-corrected chi connectivity index (χ4v) is 4.56. The second-order valence-corrected chi connectivity index (χ2v) is 16.5. The van der Waals surface area contributed by atoms with Crippen molar-refractivity contribution in [2.75, 3.05) is 0 Å². The minimum absolute atomic E-state index is 0.371. The summed E-state index contributed by atoms with van der Waals surface area (Å²) in [4.78, 5) is 0. The molecule has 3 rings (SSSR count). The summed E-state index contributed by atoms with van der Waals surface area (Å²) < 4.78 is 40.5. The van der Waals surface area contributed by atoms with E-state index in [0.717, 1.165) is 5.19 Å². The van der Waals surface area contributed by atoms with Crippen LogP contribution in [0.4, 0.5) is 4.39 Å². The first-order valence-corrected chi connectivity index (χ1v) is 13.9. The highest BCUT2D eigenvalue weighted by molar-refractivity contribution is 6.89. The molecule has 0 aliphatic carbocycles. The van der Waals surface area contributed by atoms with Crippen LogP contribution in [0.2, 0.25) is 19.6 Å².